The van der Waals surface area contributed by atoms with E-state index in [9.17, 15) is 18.8 Å². The molecule has 0 aliphatic rings. The number of H-pyrrole nitrogens is 1. The van der Waals surface area contributed by atoms with Crippen LogP contribution in [0, 0.1) is 12.7 Å². The number of nitrogen functional groups attached to an aromatic ring is 1. The fraction of sp³-hybridized carbons (Fsp3) is 0.304. The highest BCUT2D eigenvalue weighted by atomic mass is 35.5. The second kappa shape index (κ2) is 10.5. The van der Waals surface area contributed by atoms with E-state index < -0.39 is 17.2 Å². The van der Waals surface area contributed by atoms with Gasteiger partial charge in [-0.3, -0.25) is 19.1 Å². The van der Waals surface area contributed by atoms with E-state index >= 15 is 0 Å². The molecule has 3 aromatic rings. The maximum absolute atomic E-state index is 13.2. The Morgan fingerprint density at radius 2 is 1.94 bits per heavy atom. The summed E-state index contributed by atoms with van der Waals surface area (Å²) >= 11 is 6.47. The second-order valence-electron chi connectivity index (χ2n) is 7.59. The lowest BCUT2D eigenvalue weighted by Gasteiger charge is -2.21. The Balaban J connectivity index is 1.95. The first-order valence-corrected chi connectivity index (χ1v) is 11.2. The first-order chi connectivity index (χ1) is 16.2. The van der Waals surface area contributed by atoms with Gasteiger partial charge in [0.1, 0.15) is 16.8 Å². The molecule has 3 N–H and O–H groups in total. The molecule has 0 saturated carbocycles. The molecule has 1 aromatic carbocycles. The summed E-state index contributed by atoms with van der Waals surface area (Å²) in [5.74, 6) is -0.973. The van der Waals surface area contributed by atoms with Gasteiger partial charge in [0, 0.05) is 24.7 Å². The van der Waals surface area contributed by atoms with E-state index in [2.05, 4.69) is 10.1 Å². The number of halogens is 2. The van der Waals surface area contributed by atoms with Crippen LogP contribution < -0.4 is 21.9 Å². The molecule has 34 heavy (non-hydrogen) atoms. The minimum atomic E-state index is -0.739. The number of nitrogens with one attached hydrogen (secondary N) is 1. The average molecular weight is 489 g/mol. The van der Waals surface area contributed by atoms with Crippen molar-refractivity contribution in [2.45, 2.75) is 40.2 Å². The van der Waals surface area contributed by atoms with Crippen molar-refractivity contribution in [3.05, 3.63) is 73.4 Å². The summed E-state index contributed by atoms with van der Waals surface area (Å²) in [6.45, 7) is 5.84. The monoisotopic (exact) mass is 488 g/mol. The normalized spacial score (nSPS) is 11.3. The number of amides is 1. The number of aromatic amines is 1. The Morgan fingerprint density at radius 1 is 1.26 bits per heavy atom. The van der Waals surface area contributed by atoms with Crippen LogP contribution in [-0.2, 0) is 11.3 Å². The molecule has 0 aliphatic carbocycles. The fourth-order valence-corrected chi connectivity index (χ4v) is 3.83. The molecule has 0 spiro atoms. The topological polar surface area (TPSA) is 119 Å². The van der Waals surface area contributed by atoms with Gasteiger partial charge in [0.25, 0.3) is 11.5 Å². The van der Waals surface area contributed by atoms with Crippen molar-refractivity contribution in [3.63, 3.8) is 0 Å². The van der Waals surface area contributed by atoms with Crippen molar-refractivity contribution in [2.75, 3.05) is 17.2 Å². The van der Waals surface area contributed by atoms with Crippen LogP contribution in [0.15, 0.2) is 39.9 Å². The van der Waals surface area contributed by atoms with Crippen molar-refractivity contribution in [2.24, 2.45) is 0 Å². The Bertz CT molecular complexity index is 1340. The van der Waals surface area contributed by atoms with Crippen LogP contribution in [-0.4, -0.2) is 31.8 Å². The SMILES string of the molecule is CCCCn1c(N)c(N(CC)C(=O)/C=C/c2c(C)nn(-c3ccc(F)cc3)c2Cl)c(=O)[nH]c1=O. The number of hydrogen-bond donors (Lipinski definition) is 2. The summed E-state index contributed by atoms with van der Waals surface area (Å²) in [7, 11) is 0. The van der Waals surface area contributed by atoms with Crippen LogP contribution in [0.1, 0.15) is 37.9 Å². The largest absolute Gasteiger partial charge is 0.383 e. The van der Waals surface area contributed by atoms with Gasteiger partial charge in [-0.05, 0) is 50.6 Å². The number of carbonyl (C=O) groups is 1. The quantitative estimate of drug-likeness (QED) is 0.472. The highest BCUT2D eigenvalue weighted by Gasteiger charge is 2.22. The average Bonchev–Trinajstić information content (AvgIpc) is 3.08. The highest BCUT2D eigenvalue weighted by Crippen LogP contribution is 2.25. The Kier molecular flexibility index (Phi) is 7.72. The van der Waals surface area contributed by atoms with Crippen molar-refractivity contribution in [1.82, 2.24) is 19.3 Å². The highest BCUT2D eigenvalue weighted by molar-refractivity contribution is 6.31. The predicted molar refractivity (Wildman–Crippen MR) is 131 cm³/mol. The molecule has 3 rings (SSSR count). The van der Waals surface area contributed by atoms with Gasteiger partial charge in [-0.15, -0.1) is 0 Å². The van der Waals surface area contributed by atoms with Gasteiger partial charge in [0.15, 0.2) is 5.69 Å². The molecule has 11 heteroatoms. The summed E-state index contributed by atoms with van der Waals surface area (Å²) < 4.78 is 15.9. The minimum absolute atomic E-state index is 0.0656. The molecule has 0 radical (unpaired) electrons. The summed E-state index contributed by atoms with van der Waals surface area (Å²) in [6, 6.07) is 5.66. The number of anilines is 2. The van der Waals surface area contributed by atoms with Crippen molar-refractivity contribution in [1.29, 1.82) is 0 Å². The van der Waals surface area contributed by atoms with E-state index in [0.717, 1.165) is 6.42 Å². The van der Waals surface area contributed by atoms with Gasteiger partial charge < -0.3 is 10.6 Å². The minimum Gasteiger partial charge on any atom is -0.383 e. The van der Waals surface area contributed by atoms with Crippen LogP contribution in [0.4, 0.5) is 15.9 Å². The molecular weight excluding hydrogens is 463 g/mol. The number of nitrogens with zero attached hydrogens (tertiary/aromatic N) is 4. The van der Waals surface area contributed by atoms with Crippen LogP contribution in [0.25, 0.3) is 11.8 Å². The van der Waals surface area contributed by atoms with Gasteiger partial charge in [-0.2, -0.15) is 5.10 Å². The van der Waals surface area contributed by atoms with E-state index in [0.29, 0.717) is 29.9 Å². The van der Waals surface area contributed by atoms with Crippen molar-refractivity contribution >= 4 is 35.1 Å². The summed E-state index contributed by atoms with van der Waals surface area (Å²) in [5.41, 5.74) is 6.30. The Hall–Kier alpha value is -3.66. The van der Waals surface area contributed by atoms with Crippen molar-refractivity contribution < 1.29 is 9.18 Å². The van der Waals surface area contributed by atoms with E-state index in [4.69, 9.17) is 17.3 Å². The maximum Gasteiger partial charge on any atom is 0.330 e. The molecular formula is C23H26ClFN6O3. The summed E-state index contributed by atoms with van der Waals surface area (Å²) in [5, 5.41) is 4.60. The zero-order chi connectivity index (χ0) is 25.0. The number of likely N-dealkylation sites (N-methyl/N-ethyl adjacent to an activating group) is 1. The lowest BCUT2D eigenvalue weighted by Crippen LogP contribution is -2.40. The molecule has 0 saturated heterocycles. The summed E-state index contributed by atoms with van der Waals surface area (Å²) in [4.78, 5) is 41.2. The number of benzene rings is 1. The number of aryl methyl sites for hydroxylation is 1. The molecule has 0 bridgehead atoms. The third-order valence-electron chi connectivity index (χ3n) is 5.31. The molecule has 2 aromatic heterocycles. The van der Waals surface area contributed by atoms with Crippen LogP contribution >= 0.6 is 11.6 Å². The third-order valence-corrected chi connectivity index (χ3v) is 5.68. The molecule has 0 fully saturated rings. The Labute approximate surface area is 200 Å². The number of nitrogens with two attached hydrogens (primary N) is 1. The standard InChI is InChI=1S/C23H26ClFN6O3/c1-4-6-13-30-21(26)19(22(33)27-23(30)34)29(5-2)18(32)12-11-17-14(3)28-31(20(17)24)16-9-7-15(25)8-10-16/h7-12H,4-6,13,26H2,1-3H3,(H,27,33,34)/b12-11+. The molecule has 2 heterocycles. The first-order valence-electron chi connectivity index (χ1n) is 10.8. The number of carbonyl (C=O) groups excluding carboxylic acids is 1. The van der Waals surface area contributed by atoms with Crippen molar-refractivity contribution in [3.8, 4) is 5.69 Å². The van der Waals surface area contributed by atoms with E-state index in [-0.39, 0.29) is 29.0 Å². The zero-order valence-corrected chi connectivity index (χ0v) is 19.9. The Morgan fingerprint density at radius 3 is 2.56 bits per heavy atom. The second-order valence-corrected chi connectivity index (χ2v) is 7.95. The van der Waals surface area contributed by atoms with Crippen LogP contribution in [0.3, 0.4) is 0 Å². The lowest BCUT2D eigenvalue weighted by atomic mass is 10.2. The number of unbranched alkanes of at least 4 members (excludes halogenated alkanes) is 1. The van der Waals surface area contributed by atoms with Gasteiger partial charge in [0.05, 0.1) is 11.4 Å². The molecule has 0 unspecified atom stereocenters. The lowest BCUT2D eigenvalue weighted by molar-refractivity contribution is -0.114. The smallest absolute Gasteiger partial charge is 0.330 e. The van der Waals surface area contributed by atoms with Gasteiger partial charge >= 0.3 is 5.69 Å². The van der Waals surface area contributed by atoms with E-state index in [1.165, 1.54) is 50.6 Å². The predicted octanol–water partition coefficient (Wildman–Crippen LogP) is 3.27. The molecule has 180 valence electrons. The number of rotatable bonds is 8. The summed E-state index contributed by atoms with van der Waals surface area (Å²) in [6.07, 6.45) is 4.26. The molecule has 0 aliphatic heterocycles. The van der Waals surface area contributed by atoms with Gasteiger partial charge in [-0.1, -0.05) is 24.9 Å². The zero-order valence-electron chi connectivity index (χ0n) is 19.1. The van der Waals surface area contributed by atoms with Gasteiger partial charge in [-0.25, -0.2) is 13.9 Å². The maximum atomic E-state index is 13.2. The first kappa shape index (κ1) is 25.0. The third kappa shape index (κ3) is 4.96. The fourth-order valence-electron chi connectivity index (χ4n) is 3.50. The van der Waals surface area contributed by atoms with Crippen LogP contribution in [0.5, 0.6) is 0 Å². The van der Waals surface area contributed by atoms with Crippen LogP contribution in [0.2, 0.25) is 5.15 Å². The molecule has 1 amide bonds. The molecule has 9 nitrogen and oxygen atoms in total. The van der Waals surface area contributed by atoms with E-state index in [1.807, 2.05) is 6.92 Å². The number of aromatic nitrogens is 4. The van der Waals surface area contributed by atoms with Gasteiger partial charge in [0.2, 0.25) is 0 Å². The number of hydrogen-bond acceptors (Lipinski definition) is 5. The molecule has 0 atom stereocenters. The van der Waals surface area contributed by atoms with E-state index in [1.54, 1.807) is 13.8 Å².